The molecule has 0 spiro atoms. The first-order valence-electron chi connectivity index (χ1n) is 10.1. The van der Waals surface area contributed by atoms with E-state index in [1.54, 1.807) is 0 Å². The molecule has 2 unspecified atom stereocenters. The average Bonchev–Trinajstić information content (AvgIpc) is 3.27. The molecule has 1 fully saturated rings. The molecule has 0 amide bonds. The van der Waals surface area contributed by atoms with E-state index in [-0.39, 0.29) is 0 Å². The van der Waals surface area contributed by atoms with Gasteiger partial charge in [0, 0.05) is 6.61 Å². The zero-order valence-electron chi connectivity index (χ0n) is 15.0. The minimum absolute atomic E-state index is 0.349. The van der Waals surface area contributed by atoms with Gasteiger partial charge in [-0.05, 0) is 19.3 Å². The highest BCUT2D eigenvalue weighted by Gasteiger charge is 2.36. The number of aliphatic hydroxyl groups is 1. The highest BCUT2D eigenvalue weighted by atomic mass is 16.6. The Morgan fingerprint density at radius 3 is 1.45 bits per heavy atom. The van der Waals surface area contributed by atoms with Crippen molar-refractivity contribution < 1.29 is 9.84 Å². The van der Waals surface area contributed by atoms with E-state index in [9.17, 15) is 0 Å². The molecular formula is C20H40O2. The maximum atomic E-state index is 8.73. The van der Waals surface area contributed by atoms with Crippen molar-refractivity contribution in [3.8, 4) is 0 Å². The van der Waals surface area contributed by atoms with Crippen LogP contribution in [-0.4, -0.2) is 23.9 Å². The summed E-state index contributed by atoms with van der Waals surface area (Å²) >= 11 is 0. The fourth-order valence-corrected chi connectivity index (χ4v) is 3.33. The van der Waals surface area contributed by atoms with Gasteiger partial charge in [0.05, 0.1) is 12.2 Å². The monoisotopic (exact) mass is 312 g/mol. The summed E-state index contributed by atoms with van der Waals surface area (Å²) in [5, 5.41) is 8.73. The summed E-state index contributed by atoms with van der Waals surface area (Å²) in [5.74, 6) is 0. The van der Waals surface area contributed by atoms with Gasteiger partial charge < -0.3 is 9.84 Å². The van der Waals surface area contributed by atoms with E-state index in [0.29, 0.717) is 18.8 Å². The smallest absolute Gasteiger partial charge is 0.0841 e. The lowest BCUT2D eigenvalue weighted by atomic mass is 10.0. The molecular weight excluding hydrogens is 272 g/mol. The highest BCUT2D eigenvalue weighted by Crippen LogP contribution is 2.31. The maximum Gasteiger partial charge on any atom is 0.0841 e. The summed E-state index contributed by atoms with van der Waals surface area (Å²) in [5.41, 5.74) is 0. The lowest BCUT2D eigenvalue weighted by molar-refractivity contribution is 0.281. The number of epoxide rings is 1. The largest absolute Gasteiger partial charge is 0.396 e. The van der Waals surface area contributed by atoms with E-state index in [1.807, 2.05) is 0 Å². The van der Waals surface area contributed by atoms with Gasteiger partial charge in [-0.25, -0.2) is 0 Å². The Kier molecular flexibility index (Phi) is 13.2. The Hall–Kier alpha value is -0.0800. The Morgan fingerprint density at radius 1 is 0.591 bits per heavy atom. The standard InChI is InChI=1S/C20H40O2/c1-2-3-4-5-6-7-8-9-10-13-16-19-20(22-19)17-14-11-12-15-18-21/h19-21H,2-18H2,1H3. The van der Waals surface area contributed by atoms with Gasteiger partial charge in [-0.1, -0.05) is 90.4 Å². The van der Waals surface area contributed by atoms with Crippen molar-refractivity contribution in [3.05, 3.63) is 0 Å². The minimum Gasteiger partial charge on any atom is -0.396 e. The number of rotatable bonds is 17. The molecule has 0 aliphatic carbocycles. The summed E-state index contributed by atoms with van der Waals surface area (Å²) in [4.78, 5) is 0. The van der Waals surface area contributed by atoms with Gasteiger partial charge in [0.25, 0.3) is 0 Å². The third-order valence-corrected chi connectivity index (χ3v) is 4.93. The van der Waals surface area contributed by atoms with Crippen molar-refractivity contribution in [2.45, 2.75) is 122 Å². The third-order valence-electron chi connectivity index (χ3n) is 4.93. The summed E-state index contributed by atoms with van der Waals surface area (Å²) in [6, 6.07) is 0. The first-order valence-corrected chi connectivity index (χ1v) is 10.1. The molecule has 0 aromatic carbocycles. The molecule has 1 rings (SSSR count). The first kappa shape index (κ1) is 20.0. The SMILES string of the molecule is CCCCCCCCCCCCC1OC1CCCCCCO. The third kappa shape index (κ3) is 11.5. The fourth-order valence-electron chi connectivity index (χ4n) is 3.33. The molecule has 1 N–H and O–H groups in total. The molecule has 0 radical (unpaired) electrons. The fraction of sp³-hybridized carbons (Fsp3) is 1.00. The van der Waals surface area contributed by atoms with E-state index in [4.69, 9.17) is 9.84 Å². The van der Waals surface area contributed by atoms with Gasteiger partial charge in [-0.2, -0.15) is 0 Å². The van der Waals surface area contributed by atoms with Crippen LogP contribution >= 0.6 is 0 Å². The first-order chi connectivity index (χ1) is 10.9. The van der Waals surface area contributed by atoms with Crippen LogP contribution < -0.4 is 0 Å². The van der Waals surface area contributed by atoms with Gasteiger partial charge in [-0.3, -0.25) is 0 Å². The van der Waals surface area contributed by atoms with Crippen LogP contribution in [0.5, 0.6) is 0 Å². The Bertz CT molecular complexity index is 230. The molecule has 0 bridgehead atoms. The number of aliphatic hydroxyl groups excluding tert-OH is 1. The molecule has 0 aromatic heterocycles. The van der Waals surface area contributed by atoms with Crippen LogP contribution in [0.15, 0.2) is 0 Å². The van der Waals surface area contributed by atoms with Gasteiger partial charge >= 0.3 is 0 Å². The summed E-state index contributed by atoms with van der Waals surface area (Å²) < 4.78 is 5.76. The molecule has 2 heteroatoms. The van der Waals surface area contributed by atoms with Gasteiger partial charge in [0.1, 0.15) is 0 Å². The van der Waals surface area contributed by atoms with Gasteiger partial charge in [-0.15, -0.1) is 0 Å². The minimum atomic E-state index is 0.349. The highest BCUT2D eigenvalue weighted by molar-refractivity contribution is 4.84. The lowest BCUT2D eigenvalue weighted by Crippen LogP contribution is -1.95. The van der Waals surface area contributed by atoms with Crippen LogP contribution in [0.3, 0.4) is 0 Å². The topological polar surface area (TPSA) is 32.8 Å². The van der Waals surface area contributed by atoms with E-state index >= 15 is 0 Å². The van der Waals surface area contributed by atoms with Crippen molar-refractivity contribution >= 4 is 0 Å². The molecule has 0 saturated carbocycles. The maximum absolute atomic E-state index is 8.73. The molecule has 1 aliphatic heterocycles. The van der Waals surface area contributed by atoms with E-state index in [1.165, 1.54) is 96.3 Å². The molecule has 1 saturated heterocycles. The van der Waals surface area contributed by atoms with Crippen LogP contribution in [0.4, 0.5) is 0 Å². The molecule has 0 aromatic rings. The molecule has 1 aliphatic rings. The lowest BCUT2D eigenvalue weighted by Gasteiger charge is -2.01. The number of ether oxygens (including phenoxy) is 1. The van der Waals surface area contributed by atoms with E-state index in [0.717, 1.165) is 6.42 Å². The van der Waals surface area contributed by atoms with Crippen LogP contribution in [0.1, 0.15) is 110 Å². The van der Waals surface area contributed by atoms with Crippen molar-refractivity contribution in [1.82, 2.24) is 0 Å². The molecule has 2 nitrogen and oxygen atoms in total. The van der Waals surface area contributed by atoms with Crippen molar-refractivity contribution in [2.75, 3.05) is 6.61 Å². The van der Waals surface area contributed by atoms with Crippen LogP contribution in [0.2, 0.25) is 0 Å². The van der Waals surface area contributed by atoms with E-state index < -0.39 is 0 Å². The summed E-state index contributed by atoms with van der Waals surface area (Å²) in [6.07, 6.45) is 22.6. The predicted molar refractivity (Wildman–Crippen MR) is 95.3 cm³/mol. The molecule has 1 heterocycles. The molecule has 2 atom stereocenters. The predicted octanol–water partition coefficient (Wildman–Crippen LogP) is 6.01. The van der Waals surface area contributed by atoms with Crippen LogP contribution in [0, 0.1) is 0 Å². The second-order valence-corrected chi connectivity index (χ2v) is 7.11. The van der Waals surface area contributed by atoms with Crippen molar-refractivity contribution in [3.63, 3.8) is 0 Å². The molecule has 22 heavy (non-hydrogen) atoms. The van der Waals surface area contributed by atoms with Gasteiger partial charge in [0.15, 0.2) is 0 Å². The zero-order chi connectivity index (χ0) is 15.9. The Balaban J connectivity index is 1.72. The summed E-state index contributed by atoms with van der Waals surface area (Å²) in [7, 11) is 0. The zero-order valence-corrected chi connectivity index (χ0v) is 15.0. The van der Waals surface area contributed by atoms with Gasteiger partial charge in [0.2, 0.25) is 0 Å². The number of hydrogen-bond acceptors (Lipinski definition) is 2. The Labute approximate surface area is 139 Å². The summed E-state index contributed by atoms with van der Waals surface area (Å²) in [6.45, 7) is 2.63. The molecule has 132 valence electrons. The quantitative estimate of drug-likeness (QED) is 0.263. The second kappa shape index (κ2) is 14.5. The van der Waals surface area contributed by atoms with Crippen LogP contribution in [-0.2, 0) is 4.74 Å². The normalized spacial score (nSPS) is 20.5. The van der Waals surface area contributed by atoms with Crippen LogP contribution in [0.25, 0.3) is 0 Å². The van der Waals surface area contributed by atoms with Crippen molar-refractivity contribution in [1.29, 1.82) is 0 Å². The second-order valence-electron chi connectivity index (χ2n) is 7.11. The Morgan fingerprint density at radius 2 is 1.00 bits per heavy atom. The number of unbranched alkanes of at least 4 members (excludes halogenated alkanes) is 12. The average molecular weight is 313 g/mol. The number of hydrogen-bond donors (Lipinski definition) is 1. The van der Waals surface area contributed by atoms with Crippen molar-refractivity contribution in [2.24, 2.45) is 0 Å². The van der Waals surface area contributed by atoms with E-state index in [2.05, 4.69) is 6.92 Å².